The minimum absolute atomic E-state index is 0.0600. The Kier molecular flexibility index (Phi) is 8.86. The van der Waals surface area contributed by atoms with E-state index in [1.54, 1.807) is 0 Å². The van der Waals surface area contributed by atoms with Crippen molar-refractivity contribution in [2.24, 2.45) is 5.73 Å². The van der Waals surface area contributed by atoms with Crippen LogP contribution < -0.4 is 11.1 Å². The van der Waals surface area contributed by atoms with Crippen molar-refractivity contribution in [3.63, 3.8) is 0 Å². The topological polar surface area (TPSA) is 119 Å². The smallest absolute Gasteiger partial charge is 0.407 e. The van der Waals surface area contributed by atoms with Crippen LogP contribution in [-0.2, 0) is 14.3 Å². The van der Waals surface area contributed by atoms with Gasteiger partial charge in [0.25, 0.3) is 0 Å². The predicted octanol–water partition coefficient (Wildman–Crippen LogP) is 0.788. The number of amides is 2. The molecule has 0 saturated carbocycles. The summed E-state index contributed by atoms with van der Waals surface area (Å²) >= 11 is 0. The van der Waals surface area contributed by atoms with Gasteiger partial charge in [0.1, 0.15) is 6.04 Å². The van der Waals surface area contributed by atoms with E-state index in [0.717, 1.165) is 6.42 Å². The van der Waals surface area contributed by atoms with Crippen LogP contribution in [0, 0.1) is 0 Å². The number of alkyl carbamates (subject to hydrolysis) is 1. The second-order valence-electron chi connectivity index (χ2n) is 3.84. The molecule has 2 amide bonds. The molecule has 7 nitrogen and oxygen atoms in total. The third-order valence-corrected chi connectivity index (χ3v) is 2.19. The zero-order chi connectivity index (χ0) is 14.7. The molecule has 4 N–H and O–H groups in total. The van der Waals surface area contributed by atoms with Gasteiger partial charge in [-0.15, -0.1) is 0 Å². The molecule has 0 saturated heterocycles. The summed E-state index contributed by atoms with van der Waals surface area (Å²) in [6.07, 6.45) is 4.29. The number of hydrogen-bond acceptors (Lipinski definition) is 4. The fraction of sp³-hybridized carbons (Fsp3) is 0.583. The van der Waals surface area contributed by atoms with Crippen molar-refractivity contribution in [2.45, 2.75) is 38.6 Å². The number of nitrogens with one attached hydrogen (secondary N) is 1. The molecule has 7 heteroatoms. The van der Waals surface area contributed by atoms with Gasteiger partial charge in [-0.05, 0) is 19.3 Å². The summed E-state index contributed by atoms with van der Waals surface area (Å²) in [4.78, 5) is 32.7. The Morgan fingerprint density at radius 3 is 2.58 bits per heavy atom. The highest BCUT2D eigenvalue weighted by molar-refractivity contribution is 5.81. The van der Waals surface area contributed by atoms with Gasteiger partial charge in [-0.2, -0.15) is 0 Å². The first kappa shape index (κ1) is 16.9. The number of rotatable bonds is 9. The first-order valence-corrected chi connectivity index (χ1v) is 6.06. The zero-order valence-electron chi connectivity index (χ0n) is 10.9. The van der Waals surface area contributed by atoms with E-state index in [9.17, 15) is 14.4 Å². The minimum atomic E-state index is -1.23. The van der Waals surface area contributed by atoms with Gasteiger partial charge in [0, 0.05) is 6.42 Å². The molecule has 19 heavy (non-hydrogen) atoms. The molecule has 0 aromatic carbocycles. The first-order chi connectivity index (χ1) is 8.97. The van der Waals surface area contributed by atoms with Gasteiger partial charge in [-0.25, -0.2) is 9.59 Å². The van der Waals surface area contributed by atoms with Crippen LogP contribution in [0.3, 0.4) is 0 Å². The second kappa shape index (κ2) is 9.93. The Hall–Kier alpha value is -2.05. The van der Waals surface area contributed by atoms with Crippen LogP contribution in [0.5, 0.6) is 0 Å². The quantitative estimate of drug-likeness (QED) is 0.423. The maximum absolute atomic E-state index is 11.3. The van der Waals surface area contributed by atoms with E-state index in [2.05, 4.69) is 5.32 Å². The molecular weight excluding hydrogens is 252 g/mol. The number of hydrogen-bond donors (Lipinski definition) is 3. The fourth-order valence-electron chi connectivity index (χ4n) is 1.23. The molecule has 0 bridgehead atoms. The van der Waals surface area contributed by atoms with Gasteiger partial charge in [0.05, 0.1) is 6.61 Å². The van der Waals surface area contributed by atoms with Crippen LogP contribution in [-0.4, -0.2) is 35.7 Å². The number of carbonyl (C=O) groups excluding carboxylic acids is 2. The lowest BCUT2D eigenvalue weighted by atomic mass is 10.1. The van der Waals surface area contributed by atoms with Crippen molar-refractivity contribution in [1.29, 1.82) is 0 Å². The SMILES string of the molecule is CCC=CCCOC(=O)N[C@@H](CCC(N)=O)C(=O)O. The number of primary amides is 1. The maximum atomic E-state index is 11.3. The Morgan fingerprint density at radius 2 is 2.05 bits per heavy atom. The molecule has 0 fully saturated rings. The summed E-state index contributed by atoms with van der Waals surface area (Å²) in [5, 5.41) is 11.0. The van der Waals surface area contributed by atoms with Gasteiger partial charge in [-0.3, -0.25) is 4.79 Å². The van der Waals surface area contributed by atoms with E-state index in [4.69, 9.17) is 15.6 Å². The Labute approximate surface area is 111 Å². The Morgan fingerprint density at radius 1 is 1.37 bits per heavy atom. The monoisotopic (exact) mass is 272 g/mol. The summed E-state index contributed by atoms with van der Waals surface area (Å²) in [5.41, 5.74) is 4.91. The van der Waals surface area contributed by atoms with E-state index >= 15 is 0 Å². The average Bonchev–Trinajstić information content (AvgIpc) is 2.33. The number of aliphatic carboxylic acids is 1. The largest absolute Gasteiger partial charge is 0.480 e. The molecule has 0 aliphatic heterocycles. The Balaban J connectivity index is 3.99. The van der Waals surface area contributed by atoms with E-state index in [-0.39, 0.29) is 19.4 Å². The lowest BCUT2D eigenvalue weighted by Crippen LogP contribution is -2.41. The van der Waals surface area contributed by atoms with E-state index in [1.165, 1.54) is 0 Å². The van der Waals surface area contributed by atoms with E-state index < -0.39 is 24.0 Å². The molecular formula is C12H20N2O5. The fourth-order valence-corrected chi connectivity index (χ4v) is 1.23. The standard InChI is InChI=1S/C12H20N2O5/c1-2-3-4-5-8-19-12(18)14-9(11(16)17)6-7-10(13)15/h3-4,9H,2,5-8H2,1H3,(H2,13,15)(H,14,18)(H,16,17)/t9-/m0/s1. The highest BCUT2D eigenvalue weighted by atomic mass is 16.5. The first-order valence-electron chi connectivity index (χ1n) is 6.06. The number of carboxylic acids is 1. The molecule has 1 atom stereocenters. The maximum Gasteiger partial charge on any atom is 0.407 e. The van der Waals surface area contributed by atoms with Crippen LogP contribution in [0.15, 0.2) is 12.2 Å². The normalized spacial score (nSPS) is 12.1. The zero-order valence-corrected chi connectivity index (χ0v) is 10.9. The summed E-state index contributed by atoms with van der Waals surface area (Å²) < 4.78 is 4.80. The third-order valence-electron chi connectivity index (χ3n) is 2.19. The van der Waals surface area contributed by atoms with Crippen molar-refractivity contribution in [2.75, 3.05) is 6.61 Å². The molecule has 108 valence electrons. The van der Waals surface area contributed by atoms with Crippen LogP contribution in [0.2, 0.25) is 0 Å². The van der Waals surface area contributed by atoms with E-state index in [0.29, 0.717) is 6.42 Å². The molecule has 0 aliphatic rings. The minimum Gasteiger partial charge on any atom is -0.480 e. The number of nitrogens with two attached hydrogens (primary N) is 1. The number of ether oxygens (including phenoxy) is 1. The van der Waals surface area contributed by atoms with Crippen LogP contribution >= 0.6 is 0 Å². The van der Waals surface area contributed by atoms with Crippen LogP contribution in [0.25, 0.3) is 0 Å². The highest BCUT2D eigenvalue weighted by Crippen LogP contribution is 1.98. The lowest BCUT2D eigenvalue weighted by molar-refractivity contribution is -0.139. The Bertz CT molecular complexity index is 341. The molecule has 0 spiro atoms. The summed E-state index contributed by atoms with van der Waals surface area (Å²) in [6, 6.07) is -1.17. The van der Waals surface area contributed by atoms with Crippen LogP contribution in [0.1, 0.15) is 32.6 Å². The molecule has 0 rings (SSSR count). The van der Waals surface area contributed by atoms with Gasteiger partial charge in [-0.1, -0.05) is 19.1 Å². The summed E-state index contributed by atoms with van der Waals surface area (Å²) in [6.45, 7) is 2.16. The van der Waals surface area contributed by atoms with Gasteiger partial charge in [0.15, 0.2) is 0 Å². The van der Waals surface area contributed by atoms with Gasteiger partial charge >= 0.3 is 12.1 Å². The summed E-state index contributed by atoms with van der Waals surface area (Å²) in [7, 11) is 0. The molecule has 0 heterocycles. The third kappa shape index (κ3) is 9.63. The van der Waals surface area contributed by atoms with Crippen molar-refractivity contribution in [1.82, 2.24) is 5.32 Å². The summed E-state index contributed by atoms with van der Waals surface area (Å²) in [5.74, 6) is -1.85. The second-order valence-corrected chi connectivity index (χ2v) is 3.84. The molecule has 0 aromatic rings. The molecule has 0 aliphatic carbocycles. The number of allylic oxidation sites excluding steroid dienone is 1. The lowest BCUT2D eigenvalue weighted by Gasteiger charge is -2.13. The molecule has 0 radical (unpaired) electrons. The highest BCUT2D eigenvalue weighted by Gasteiger charge is 2.20. The van der Waals surface area contributed by atoms with Crippen molar-refractivity contribution < 1.29 is 24.2 Å². The number of carboxylic acid groups (broad SMARTS) is 1. The molecule has 0 aromatic heterocycles. The van der Waals surface area contributed by atoms with Crippen molar-refractivity contribution in [3.05, 3.63) is 12.2 Å². The van der Waals surface area contributed by atoms with Crippen LogP contribution in [0.4, 0.5) is 4.79 Å². The van der Waals surface area contributed by atoms with E-state index in [1.807, 2.05) is 19.1 Å². The van der Waals surface area contributed by atoms with Crippen molar-refractivity contribution >= 4 is 18.0 Å². The van der Waals surface area contributed by atoms with Crippen molar-refractivity contribution in [3.8, 4) is 0 Å². The predicted molar refractivity (Wildman–Crippen MR) is 68.4 cm³/mol. The number of carbonyl (C=O) groups is 3. The average molecular weight is 272 g/mol. The molecule has 0 unspecified atom stereocenters. The van der Waals surface area contributed by atoms with Gasteiger partial charge < -0.3 is 20.9 Å². The van der Waals surface area contributed by atoms with Gasteiger partial charge in [0.2, 0.25) is 5.91 Å².